The molecule has 0 unspecified atom stereocenters. The Kier molecular flexibility index (Phi) is 4.21. The van der Waals surface area contributed by atoms with Crippen LogP contribution in [0.15, 0.2) is 126 Å². The summed E-state index contributed by atoms with van der Waals surface area (Å²) in [5.41, 5.74) is 6.29. The Morgan fingerprint density at radius 1 is 0.538 bits per heavy atom. The van der Waals surface area contributed by atoms with Crippen molar-refractivity contribution in [3.05, 3.63) is 121 Å². The van der Waals surface area contributed by atoms with Crippen molar-refractivity contribution in [3.8, 4) is 17.1 Å². The van der Waals surface area contributed by atoms with E-state index in [0.717, 1.165) is 33.1 Å². The molecule has 3 heterocycles. The summed E-state index contributed by atoms with van der Waals surface area (Å²) in [6.45, 7) is 0. The first-order valence-electron chi connectivity index (χ1n) is 13.1. The molecule has 3 aromatic heterocycles. The number of fused-ring (bicyclic) bond motifs is 9. The number of nitrogens with zero attached hydrogens (tertiary/aromatic N) is 2. The summed E-state index contributed by atoms with van der Waals surface area (Å²) in [5, 5.41) is 7.20. The minimum atomic E-state index is 0.651. The van der Waals surface area contributed by atoms with Gasteiger partial charge in [0.25, 0.3) is 0 Å². The third-order valence-corrected chi connectivity index (χ3v) is 8.99. The van der Waals surface area contributed by atoms with Gasteiger partial charge in [0, 0.05) is 41.9 Å². The van der Waals surface area contributed by atoms with Gasteiger partial charge in [0.05, 0.1) is 16.7 Å². The summed E-state index contributed by atoms with van der Waals surface area (Å²) in [6.07, 6.45) is 0. The Morgan fingerprint density at radius 2 is 1.18 bits per heavy atom. The number of benzene rings is 6. The molecule has 0 bridgehead atoms. The summed E-state index contributed by atoms with van der Waals surface area (Å²) in [6, 6.07) is 43.0. The molecule has 0 atom stereocenters. The molecule has 0 amide bonds. The van der Waals surface area contributed by atoms with Crippen LogP contribution in [0.2, 0.25) is 0 Å². The first-order valence-corrected chi connectivity index (χ1v) is 13.9. The Hall–Kier alpha value is -4.93. The first kappa shape index (κ1) is 21.1. The molecule has 0 spiro atoms. The van der Waals surface area contributed by atoms with Gasteiger partial charge in [-0.2, -0.15) is 0 Å². The number of para-hydroxylation sites is 2. The van der Waals surface area contributed by atoms with Crippen LogP contribution in [-0.4, -0.2) is 9.55 Å². The molecule has 3 nitrogen and oxygen atoms in total. The van der Waals surface area contributed by atoms with Gasteiger partial charge in [0.1, 0.15) is 5.52 Å². The van der Waals surface area contributed by atoms with Gasteiger partial charge in [-0.15, -0.1) is 11.3 Å². The Labute approximate surface area is 227 Å². The van der Waals surface area contributed by atoms with Crippen molar-refractivity contribution < 1.29 is 4.42 Å². The summed E-state index contributed by atoms with van der Waals surface area (Å²) in [5.74, 6) is 0.651. The van der Waals surface area contributed by atoms with Crippen LogP contribution in [0, 0.1) is 0 Å². The summed E-state index contributed by atoms with van der Waals surface area (Å²) in [7, 11) is 0. The van der Waals surface area contributed by atoms with Gasteiger partial charge in [0.2, 0.25) is 5.89 Å². The van der Waals surface area contributed by atoms with E-state index in [4.69, 9.17) is 9.40 Å². The highest BCUT2D eigenvalue weighted by Gasteiger charge is 2.19. The van der Waals surface area contributed by atoms with E-state index in [-0.39, 0.29) is 0 Å². The van der Waals surface area contributed by atoms with Gasteiger partial charge >= 0.3 is 0 Å². The van der Waals surface area contributed by atoms with Crippen LogP contribution in [0.1, 0.15) is 0 Å². The second kappa shape index (κ2) is 7.79. The van der Waals surface area contributed by atoms with Crippen LogP contribution in [-0.2, 0) is 0 Å². The number of rotatable bonds is 2. The fourth-order valence-electron chi connectivity index (χ4n) is 6.16. The SMILES string of the molecule is c1ccc2c(c1)sc1ccc3oc(-c4ccc(-n5c6ccccc6c6ccccc65)c5ccccc45)nc3c12. The monoisotopic (exact) mass is 516 g/mol. The molecule has 0 saturated carbocycles. The van der Waals surface area contributed by atoms with E-state index in [1.165, 1.54) is 42.0 Å². The highest BCUT2D eigenvalue weighted by molar-refractivity contribution is 7.26. The summed E-state index contributed by atoms with van der Waals surface area (Å²) >= 11 is 1.80. The molecular weight excluding hydrogens is 496 g/mol. The van der Waals surface area contributed by atoms with E-state index in [9.17, 15) is 0 Å². The number of oxazole rings is 1. The largest absolute Gasteiger partial charge is 0.436 e. The Morgan fingerprint density at radius 3 is 1.95 bits per heavy atom. The Balaban J connectivity index is 1.33. The number of hydrogen-bond acceptors (Lipinski definition) is 3. The minimum absolute atomic E-state index is 0.651. The van der Waals surface area contributed by atoms with Gasteiger partial charge in [-0.05, 0) is 47.9 Å². The van der Waals surface area contributed by atoms with E-state index in [0.29, 0.717) is 5.89 Å². The zero-order valence-corrected chi connectivity index (χ0v) is 21.6. The zero-order valence-electron chi connectivity index (χ0n) is 20.8. The molecule has 0 N–H and O–H groups in total. The molecule has 6 aromatic carbocycles. The average Bonchev–Trinajstić information content (AvgIpc) is 3.68. The fraction of sp³-hybridized carbons (Fsp3) is 0. The molecule has 0 aliphatic carbocycles. The van der Waals surface area contributed by atoms with E-state index in [2.05, 4.69) is 126 Å². The number of hydrogen-bond donors (Lipinski definition) is 0. The molecular formula is C35H20N2OS. The van der Waals surface area contributed by atoms with E-state index in [1.807, 2.05) is 0 Å². The highest BCUT2D eigenvalue weighted by atomic mass is 32.1. The smallest absolute Gasteiger partial charge is 0.227 e. The van der Waals surface area contributed by atoms with Gasteiger partial charge in [-0.1, -0.05) is 78.9 Å². The third kappa shape index (κ3) is 2.89. The predicted molar refractivity (Wildman–Crippen MR) is 164 cm³/mol. The summed E-state index contributed by atoms with van der Waals surface area (Å²) < 4.78 is 11.3. The van der Waals surface area contributed by atoms with Crippen LogP contribution in [0.3, 0.4) is 0 Å². The molecule has 9 aromatic rings. The third-order valence-electron chi connectivity index (χ3n) is 7.85. The van der Waals surface area contributed by atoms with Crippen molar-refractivity contribution in [1.82, 2.24) is 9.55 Å². The van der Waals surface area contributed by atoms with Gasteiger partial charge in [-0.25, -0.2) is 4.98 Å². The van der Waals surface area contributed by atoms with Crippen LogP contribution in [0.4, 0.5) is 0 Å². The minimum Gasteiger partial charge on any atom is -0.436 e. The van der Waals surface area contributed by atoms with Crippen molar-refractivity contribution in [2.45, 2.75) is 0 Å². The standard InChI is InChI=1S/C35H20N2OS/c1-2-10-22-21(9-1)25(17-18-29(22)37-27-14-6-3-11-23(27)24-12-4-7-15-28(24)37)35-36-34-30(38-35)19-20-32-33(34)26-13-5-8-16-31(26)39-32/h1-20H. The lowest BCUT2D eigenvalue weighted by Gasteiger charge is -2.13. The van der Waals surface area contributed by atoms with Crippen LogP contribution in [0.25, 0.3) is 81.0 Å². The van der Waals surface area contributed by atoms with Gasteiger partial charge in [-0.3, -0.25) is 0 Å². The highest BCUT2D eigenvalue weighted by Crippen LogP contribution is 2.41. The van der Waals surface area contributed by atoms with Crippen molar-refractivity contribution in [2.75, 3.05) is 0 Å². The quantitative estimate of drug-likeness (QED) is 0.229. The molecule has 0 radical (unpaired) electrons. The maximum absolute atomic E-state index is 6.45. The molecule has 0 aliphatic heterocycles. The van der Waals surface area contributed by atoms with E-state index < -0.39 is 0 Å². The maximum Gasteiger partial charge on any atom is 0.227 e. The molecule has 9 rings (SSSR count). The van der Waals surface area contributed by atoms with E-state index in [1.54, 1.807) is 11.3 Å². The van der Waals surface area contributed by atoms with Crippen molar-refractivity contribution >= 4 is 75.2 Å². The normalized spacial score (nSPS) is 12.1. The predicted octanol–water partition coefficient (Wildman–Crippen LogP) is 10.1. The lowest BCUT2D eigenvalue weighted by molar-refractivity contribution is 0.620. The van der Waals surface area contributed by atoms with Gasteiger partial charge in [0.15, 0.2) is 5.58 Å². The van der Waals surface area contributed by atoms with Gasteiger partial charge < -0.3 is 8.98 Å². The molecule has 0 fully saturated rings. The van der Waals surface area contributed by atoms with Crippen LogP contribution >= 0.6 is 11.3 Å². The second-order valence-corrected chi connectivity index (χ2v) is 11.0. The van der Waals surface area contributed by atoms with Crippen molar-refractivity contribution in [1.29, 1.82) is 0 Å². The first-order chi connectivity index (χ1) is 19.3. The number of aromatic nitrogens is 2. The molecule has 0 saturated heterocycles. The zero-order chi connectivity index (χ0) is 25.5. The Bertz CT molecular complexity index is 2350. The lowest BCUT2D eigenvalue weighted by Crippen LogP contribution is -1.96. The lowest BCUT2D eigenvalue weighted by atomic mass is 10.0. The van der Waals surface area contributed by atoms with Crippen LogP contribution < -0.4 is 0 Å². The van der Waals surface area contributed by atoms with E-state index >= 15 is 0 Å². The molecule has 4 heteroatoms. The fourth-order valence-corrected chi connectivity index (χ4v) is 7.27. The topological polar surface area (TPSA) is 31.0 Å². The second-order valence-electron chi connectivity index (χ2n) is 9.95. The molecule has 0 aliphatic rings. The van der Waals surface area contributed by atoms with Crippen LogP contribution in [0.5, 0.6) is 0 Å². The molecule has 39 heavy (non-hydrogen) atoms. The molecule has 182 valence electrons. The summed E-state index contributed by atoms with van der Waals surface area (Å²) in [4.78, 5) is 5.11. The van der Waals surface area contributed by atoms with Crippen molar-refractivity contribution in [2.24, 2.45) is 0 Å². The maximum atomic E-state index is 6.45. The average molecular weight is 517 g/mol. The van der Waals surface area contributed by atoms with Crippen molar-refractivity contribution in [3.63, 3.8) is 0 Å². The number of thiophene rings is 1.